The largest absolute Gasteiger partial charge is 0.492 e. The quantitative estimate of drug-likeness (QED) is 0.503. The Hall–Kier alpha value is -2.18. The fourth-order valence-corrected chi connectivity index (χ4v) is 3.60. The molecule has 2 aromatic rings. The summed E-state index contributed by atoms with van der Waals surface area (Å²) < 4.78 is 5.73. The molecule has 0 fully saturated rings. The van der Waals surface area contributed by atoms with E-state index in [-0.39, 0.29) is 17.2 Å². The summed E-state index contributed by atoms with van der Waals surface area (Å²) in [6, 6.07) is 14.1. The summed E-state index contributed by atoms with van der Waals surface area (Å²) in [6.45, 7) is 7.18. The summed E-state index contributed by atoms with van der Waals surface area (Å²) in [6.07, 6.45) is 2.49. The van der Waals surface area contributed by atoms with Crippen LogP contribution in [0, 0.1) is 0 Å². The number of ether oxygens (including phenoxy) is 1. The summed E-state index contributed by atoms with van der Waals surface area (Å²) in [5, 5.41) is 6.00. The average Bonchev–Trinajstić information content (AvgIpc) is 2.74. The van der Waals surface area contributed by atoms with Crippen molar-refractivity contribution in [3.63, 3.8) is 0 Å². The van der Waals surface area contributed by atoms with Crippen LogP contribution in [0.5, 0.6) is 5.75 Å². The Bertz CT molecular complexity index is 866. The van der Waals surface area contributed by atoms with Gasteiger partial charge in [0.2, 0.25) is 5.91 Å². The van der Waals surface area contributed by atoms with Crippen molar-refractivity contribution in [1.29, 1.82) is 0 Å². The Kier molecular flexibility index (Phi) is 9.72. The van der Waals surface area contributed by atoms with E-state index in [1.54, 1.807) is 36.0 Å². The number of rotatable bonds is 10. The van der Waals surface area contributed by atoms with Crippen molar-refractivity contribution in [2.75, 3.05) is 25.2 Å². The van der Waals surface area contributed by atoms with E-state index in [4.69, 9.17) is 16.3 Å². The molecule has 2 N–H and O–H groups in total. The molecule has 1 unspecified atom stereocenters. The lowest BCUT2D eigenvalue weighted by molar-refractivity contribution is -0.123. The Morgan fingerprint density at radius 1 is 1.10 bits per heavy atom. The van der Waals surface area contributed by atoms with Crippen LogP contribution in [0.3, 0.4) is 0 Å². The van der Waals surface area contributed by atoms with Gasteiger partial charge >= 0.3 is 0 Å². The molecular weight excluding hydrogens is 432 g/mol. The second-order valence-electron chi connectivity index (χ2n) is 8.20. The fourth-order valence-electron chi connectivity index (χ4n) is 2.90. The van der Waals surface area contributed by atoms with E-state index < -0.39 is 6.04 Å². The maximum Gasteiger partial charge on any atom is 0.253 e. The first-order chi connectivity index (χ1) is 14.7. The van der Waals surface area contributed by atoms with Crippen LogP contribution in [0.1, 0.15) is 43.1 Å². The third kappa shape index (κ3) is 8.11. The van der Waals surface area contributed by atoms with Crippen LogP contribution in [0.4, 0.5) is 0 Å². The number of carbonyl (C=O) groups is 2. The number of thioether (sulfide) groups is 1. The van der Waals surface area contributed by atoms with E-state index in [0.29, 0.717) is 30.2 Å². The first kappa shape index (κ1) is 25.1. The van der Waals surface area contributed by atoms with Gasteiger partial charge in [0, 0.05) is 0 Å². The molecule has 0 spiro atoms. The van der Waals surface area contributed by atoms with Gasteiger partial charge in [-0.25, -0.2) is 0 Å². The highest BCUT2D eigenvalue weighted by Gasteiger charge is 2.22. The maximum absolute atomic E-state index is 12.6. The van der Waals surface area contributed by atoms with E-state index in [1.165, 1.54) is 5.56 Å². The van der Waals surface area contributed by atoms with E-state index in [1.807, 2.05) is 18.4 Å². The number of carbonyl (C=O) groups excluding carboxylic acids is 2. The smallest absolute Gasteiger partial charge is 0.253 e. The van der Waals surface area contributed by atoms with Crippen LogP contribution < -0.4 is 15.4 Å². The predicted octanol–water partition coefficient (Wildman–Crippen LogP) is 4.68. The topological polar surface area (TPSA) is 67.4 Å². The lowest BCUT2D eigenvalue weighted by Crippen LogP contribution is -2.48. The van der Waals surface area contributed by atoms with Gasteiger partial charge < -0.3 is 15.4 Å². The van der Waals surface area contributed by atoms with Crippen LogP contribution in [0.2, 0.25) is 5.02 Å². The minimum absolute atomic E-state index is 0.0900. The standard InChI is InChI=1S/C24H31ClN2O3S/c1-24(2,3)17-9-11-18(12-10-17)30-15-14-26-23(29)21(13-16-31-4)27-22(28)19-7-5-6-8-20(19)25/h5-12,21H,13-16H2,1-4H3,(H,26,29)(H,27,28). The molecule has 0 aliphatic heterocycles. The molecule has 2 aromatic carbocycles. The monoisotopic (exact) mass is 462 g/mol. The van der Waals surface area contributed by atoms with Gasteiger partial charge in [-0.3, -0.25) is 9.59 Å². The van der Waals surface area contributed by atoms with Gasteiger partial charge in [-0.15, -0.1) is 0 Å². The first-order valence-electron chi connectivity index (χ1n) is 10.3. The Balaban J connectivity index is 1.86. The number of hydrogen-bond donors (Lipinski definition) is 2. The molecule has 2 amide bonds. The summed E-state index contributed by atoms with van der Waals surface area (Å²) in [5.41, 5.74) is 1.68. The number of hydrogen-bond acceptors (Lipinski definition) is 4. The van der Waals surface area contributed by atoms with Gasteiger partial charge in [0.25, 0.3) is 5.91 Å². The van der Waals surface area contributed by atoms with Crippen LogP contribution in [-0.4, -0.2) is 43.0 Å². The predicted molar refractivity (Wildman–Crippen MR) is 129 cm³/mol. The molecule has 0 aliphatic rings. The van der Waals surface area contributed by atoms with Gasteiger partial charge in [-0.1, -0.05) is 56.6 Å². The molecule has 0 saturated carbocycles. The minimum Gasteiger partial charge on any atom is -0.492 e. The second-order valence-corrected chi connectivity index (χ2v) is 9.59. The Labute approximate surface area is 194 Å². The van der Waals surface area contributed by atoms with Gasteiger partial charge in [0.1, 0.15) is 18.4 Å². The minimum atomic E-state index is -0.637. The van der Waals surface area contributed by atoms with Crippen molar-refractivity contribution in [2.45, 2.75) is 38.6 Å². The molecule has 0 bridgehead atoms. The molecule has 1 atom stereocenters. The normalized spacial score (nSPS) is 12.2. The van der Waals surface area contributed by atoms with E-state index >= 15 is 0 Å². The van der Waals surface area contributed by atoms with Gasteiger partial charge in [-0.05, 0) is 53.7 Å². The Morgan fingerprint density at radius 3 is 2.39 bits per heavy atom. The summed E-state index contributed by atoms with van der Waals surface area (Å²) in [7, 11) is 0. The van der Waals surface area contributed by atoms with Crippen molar-refractivity contribution in [3.05, 3.63) is 64.7 Å². The zero-order valence-corrected chi connectivity index (χ0v) is 20.1. The van der Waals surface area contributed by atoms with Crippen LogP contribution in [0.25, 0.3) is 0 Å². The van der Waals surface area contributed by atoms with Crippen molar-refractivity contribution in [3.8, 4) is 5.75 Å². The van der Waals surface area contributed by atoms with Crippen molar-refractivity contribution in [2.24, 2.45) is 0 Å². The van der Waals surface area contributed by atoms with Gasteiger partial charge in [0.05, 0.1) is 17.1 Å². The zero-order valence-electron chi connectivity index (χ0n) is 18.5. The highest BCUT2D eigenvalue weighted by Crippen LogP contribution is 2.24. The van der Waals surface area contributed by atoms with Crippen LogP contribution >= 0.6 is 23.4 Å². The lowest BCUT2D eigenvalue weighted by Gasteiger charge is -2.20. The fraction of sp³-hybridized carbons (Fsp3) is 0.417. The molecule has 0 heterocycles. The molecule has 0 aliphatic carbocycles. The molecule has 31 heavy (non-hydrogen) atoms. The highest BCUT2D eigenvalue weighted by molar-refractivity contribution is 7.98. The van der Waals surface area contributed by atoms with E-state index in [9.17, 15) is 9.59 Å². The van der Waals surface area contributed by atoms with E-state index in [2.05, 4.69) is 43.5 Å². The Morgan fingerprint density at radius 2 is 1.77 bits per heavy atom. The molecule has 2 rings (SSSR count). The number of halogens is 1. The molecule has 7 heteroatoms. The van der Waals surface area contributed by atoms with Crippen molar-refractivity contribution >= 4 is 35.2 Å². The number of amides is 2. The van der Waals surface area contributed by atoms with Crippen LogP contribution in [0.15, 0.2) is 48.5 Å². The van der Waals surface area contributed by atoms with Crippen molar-refractivity contribution < 1.29 is 14.3 Å². The summed E-state index contributed by atoms with van der Waals surface area (Å²) >= 11 is 7.72. The summed E-state index contributed by atoms with van der Waals surface area (Å²) in [5.74, 6) is 0.911. The molecule has 0 aromatic heterocycles. The third-order valence-corrected chi connectivity index (χ3v) is 5.71. The van der Waals surface area contributed by atoms with Gasteiger partial charge in [0.15, 0.2) is 0 Å². The lowest BCUT2D eigenvalue weighted by atomic mass is 9.87. The average molecular weight is 463 g/mol. The number of benzene rings is 2. The molecule has 0 saturated heterocycles. The molecule has 168 valence electrons. The van der Waals surface area contributed by atoms with E-state index in [0.717, 1.165) is 11.5 Å². The molecule has 5 nitrogen and oxygen atoms in total. The maximum atomic E-state index is 12.6. The van der Waals surface area contributed by atoms with Gasteiger partial charge in [-0.2, -0.15) is 11.8 Å². The number of nitrogens with one attached hydrogen (secondary N) is 2. The van der Waals surface area contributed by atoms with Crippen LogP contribution in [-0.2, 0) is 10.2 Å². The first-order valence-corrected chi connectivity index (χ1v) is 12.0. The third-order valence-electron chi connectivity index (χ3n) is 4.74. The second kappa shape index (κ2) is 12.0. The van der Waals surface area contributed by atoms with Crippen molar-refractivity contribution in [1.82, 2.24) is 10.6 Å². The zero-order chi connectivity index (χ0) is 22.9. The molecular formula is C24H31ClN2O3S. The highest BCUT2D eigenvalue weighted by atomic mass is 35.5. The molecule has 0 radical (unpaired) electrons. The summed E-state index contributed by atoms with van der Waals surface area (Å²) in [4.78, 5) is 25.2. The SMILES string of the molecule is CSCCC(NC(=O)c1ccccc1Cl)C(=O)NCCOc1ccc(C(C)(C)C)cc1.